The van der Waals surface area contributed by atoms with Crippen molar-refractivity contribution in [3.05, 3.63) is 47.9 Å². The summed E-state index contributed by atoms with van der Waals surface area (Å²) >= 11 is 0. The van der Waals surface area contributed by atoms with Crippen LogP contribution in [-0.2, 0) is 0 Å². The first kappa shape index (κ1) is 14.0. The van der Waals surface area contributed by atoms with Crippen molar-refractivity contribution >= 4 is 5.97 Å². The average Bonchev–Trinajstić information content (AvgIpc) is 2.45. The zero-order valence-electron chi connectivity index (χ0n) is 11.0. The molecular formula is C15H14FNO3. The lowest BCUT2D eigenvalue weighted by molar-refractivity contribution is 0.0692. The molecular weight excluding hydrogens is 261 g/mol. The fourth-order valence-corrected chi connectivity index (χ4v) is 1.75. The van der Waals surface area contributed by atoms with Gasteiger partial charge in [-0.1, -0.05) is 19.1 Å². The van der Waals surface area contributed by atoms with Crippen molar-refractivity contribution in [1.29, 1.82) is 0 Å². The van der Waals surface area contributed by atoms with Gasteiger partial charge in [0.1, 0.15) is 11.4 Å². The Hall–Kier alpha value is -2.43. The van der Waals surface area contributed by atoms with Crippen molar-refractivity contribution in [2.75, 3.05) is 6.61 Å². The highest BCUT2D eigenvalue weighted by Gasteiger charge is 2.15. The Morgan fingerprint density at radius 3 is 2.80 bits per heavy atom. The van der Waals surface area contributed by atoms with Gasteiger partial charge in [0.05, 0.1) is 18.5 Å². The minimum atomic E-state index is -1.13. The van der Waals surface area contributed by atoms with Gasteiger partial charge in [-0.2, -0.15) is 0 Å². The molecule has 104 valence electrons. The van der Waals surface area contributed by atoms with Gasteiger partial charge >= 0.3 is 5.97 Å². The van der Waals surface area contributed by atoms with Gasteiger partial charge in [-0.25, -0.2) is 9.18 Å². The topological polar surface area (TPSA) is 59.4 Å². The molecule has 0 spiro atoms. The summed E-state index contributed by atoms with van der Waals surface area (Å²) < 4.78 is 19.0. The average molecular weight is 275 g/mol. The molecule has 20 heavy (non-hydrogen) atoms. The van der Waals surface area contributed by atoms with Crippen LogP contribution in [0.4, 0.5) is 4.39 Å². The third kappa shape index (κ3) is 2.93. The Morgan fingerprint density at radius 1 is 1.40 bits per heavy atom. The minimum Gasteiger partial charge on any atom is -0.491 e. The Balaban J connectivity index is 2.45. The molecule has 4 nitrogen and oxygen atoms in total. The van der Waals surface area contributed by atoms with Crippen LogP contribution in [0.5, 0.6) is 5.75 Å². The number of carboxylic acid groups (broad SMARTS) is 1. The molecule has 0 amide bonds. The lowest BCUT2D eigenvalue weighted by Crippen LogP contribution is -2.05. The van der Waals surface area contributed by atoms with Crippen LogP contribution in [-0.4, -0.2) is 22.7 Å². The van der Waals surface area contributed by atoms with E-state index < -0.39 is 11.8 Å². The standard InChI is InChI=1S/C15H14FNO3/c1-2-7-20-14-9-17-13(8-11(14)15(18)19)10-5-3-4-6-12(10)16/h3-6,8-9H,2,7H2,1H3,(H,18,19). The van der Waals surface area contributed by atoms with Crippen LogP contribution >= 0.6 is 0 Å². The van der Waals surface area contributed by atoms with Crippen molar-refractivity contribution in [2.24, 2.45) is 0 Å². The van der Waals surface area contributed by atoms with Crippen LogP contribution in [0.2, 0.25) is 0 Å². The van der Waals surface area contributed by atoms with Crippen LogP contribution in [0, 0.1) is 5.82 Å². The first-order chi connectivity index (χ1) is 9.63. The van der Waals surface area contributed by atoms with Crippen LogP contribution in [0.15, 0.2) is 36.5 Å². The summed E-state index contributed by atoms with van der Waals surface area (Å²) in [5, 5.41) is 9.20. The molecule has 0 unspecified atom stereocenters. The number of benzene rings is 1. The maximum atomic E-state index is 13.7. The second kappa shape index (κ2) is 6.14. The van der Waals surface area contributed by atoms with Crippen molar-refractivity contribution < 1.29 is 19.0 Å². The number of hydrogen-bond acceptors (Lipinski definition) is 3. The number of nitrogens with zero attached hydrogens (tertiary/aromatic N) is 1. The van der Waals surface area contributed by atoms with Crippen molar-refractivity contribution in [1.82, 2.24) is 4.98 Å². The molecule has 0 fully saturated rings. The van der Waals surface area contributed by atoms with Crippen LogP contribution in [0.1, 0.15) is 23.7 Å². The minimum absolute atomic E-state index is 0.0216. The molecule has 0 aliphatic heterocycles. The van der Waals surface area contributed by atoms with Gasteiger partial charge in [0.2, 0.25) is 0 Å². The maximum absolute atomic E-state index is 13.7. The number of carbonyl (C=O) groups is 1. The Bertz CT molecular complexity index is 628. The van der Waals surface area contributed by atoms with E-state index >= 15 is 0 Å². The third-order valence-electron chi connectivity index (χ3n) is 2.71. The monoisotopic (exact) mass is 275 g/mol. The molecule has 0 radical (unpaired) electrons. The molecule has 1 aromatic heterocycles. The quantitative estimate of drug-likeness (QED) is 0.908. The highest BCUT2D eigenvalue weighted by Crippen LogP contribution is 2.26. The van der Waals surface area contributed by atoms with Gasteiger partial charge in [-0.3, -0.25) is 4.98 Å². The van der Waals surface area contributed by atoms with E-state index in [1.165, 1.54) is 18.3 Å². The van der Waals surface area contributed by atoms with E-state index in [9.17, 15) is 14.3 Å². The number of ether oxygens (including phenoxy) is 1. The normalized spacial score (nSPS) is 10.3. The van der Waals surface area contributed by atoms with Crippen LogP contribution in [0.25, 0.3) is 11.3 Å². The van der Waals surface area contributed by atoms with Crippen molar-refractivity contribution in [2.45, 2.75) is 13.3 Å². The molecule has 1 N–H and O–H groups in total. The van der Waals surface area contributed by atoms with Gasteiger partial charge in [-0.05, 0) is 24.6 Å². The number of hydrogen-bond donors (Lipinski definition) is 1. The zero-order chi connectivity index (χ0) is 14.5. The number of aromatic carboxylic acids is 1. The summed E-state index contributed by atoms with van der Waals surface area (Å²) in [5.41, 5.74) is 0.507. The van der Waals surface area contributed by atoms with E-state index in [4.69, 9.17) is 4.74 Å². The predicted molar refractivity (Wildman–Crippen MR) is 72.4 cm³/mol. The summed E-state index contributed by atoms with van der Waals surface area (Å²) in [7, 11) is 0. The summed E-state index contributed by atoms with van der Waals surface area (Å²) in [6, 6.07) is 7.41. The number of pyridine rings is 1. The fourth-order valence-electron chi connectivity index (χ4n) is 1.75. The molecule has 0 saturated carbocycles. The van der Waals surface area contributed by atoms with Gasteiger partial charge in [0.15, 0.2) is 5.75 Å². The van der Waals surface area contributed by atoms with Gasteiger partial charge in [0.25, 0.3) is 0 Å². The summed E-state index contributed by atoms with van der Waals surface area (Å²) in [6.45, 7) is 2.32. The Kier molecular flexibility index (Phi) is 4.30. The van der Waals surface area contributed by atoms with Crippen LogP contribution in [0.3, 0.4) is 0 Å². The Morgan fingerprint density at radius 2 is 2.15 bits per heavy atom. The number of carboxylic acids is 1. The zero-order valence-corrected chi connectivity index (χ0v) is 11.0. The molecule has 2 rings (SSSR count). The number of rotatable bonds is 5. The molecule has 5 heteroatoms. The van der Waals surface area contributed by atoms with E-state index in [0.29, 0.717) is 6.61 Å². The first-order valence-electron chi connectivity index (χ1n) is 6.24. The second-order valence-corrected chi connectivity index (χ2v) is 4.20. The number of halogens is 1. The summed E-state index contributed by atoms with van der Waals surface area (Å²) in [5.74, 6) is -1.38. The van der Waals surface area contributed by atoms with E-state index in [2.05, 4.69) is 4.98 Å². The molecule has 2 aromatic rings. The van der Waals surface area contributed by atoms with E-state index in [-0.39, 0.29) is 22.6 Å². The maximum Gasteiger partial charge on any atom is 0.339 e. The molecule has 0 bridgehead atoms. The van der Waals surface area contributed by atoms with Gasteiger partial charge < -0.3 is 9.84 Å². The second-order valence-electron chi connectivity index (χ2n) is 4.20. The highest BCUT2D eigenvalue weighted by molar-refractivity contribution is 5.92. The summed E-state index contributed by atoms with van der Waals surface area (Å²) in [4.78, 5) is 15.3. The summed E-state index contributed by atoms with van der Waals surface area (Å²) in [6.07, 6.45) is 2.08. The number of aromatic nitrogens is 1. The lowest BCUT2D eigenvalue weighted by Gasteiger charge is -2.09. The Labute approximate surface area is 115 Å². The molecule has 0 atom stereocenters. The SMILES string of the molecule is CCCOc1cnc(-c2ccccc2F)cc1C(=O)O. The van der Waals surface area contributed by atoms with Crippen LogP contribution < -0.4 is 4.74 Å². The van der Waals surface area contributed by atoms with E-state index in [1.807, 2.05) is 6.92 Å². The molecule has 0 saturated heterocycles. The predicted octanol–water partition coefficient (Wildman–Crippen LogP) is 3.37. The molecule has 0 aliphatic carbocycles. The first-order valence-corrected chi connectivity index (χ1v) is 6.24. The smallest absolute Gasteiger partial charge is 0.339 e. The molecule has 1 aromatic carbocycles. The lowest BCUT2D eigenvalue weighted by atomic mass is 10.1. The van der Waals surface area contributed by atoms with Crippen molar-refractivity contribution in [3.63, 3.8) is 0 Å². The molecule has 1 heterocycles. The fraction of sp³-hybridized carbons (Fsp3) is 0.200. The van der Waals surface area contributed by atoms with E-state index in [1.54, 1.807) is 18.2 Å². The van der Waals surface area contributed by atoms with Gasteiger partial charge in [0, 0.05) is 5.56 Å². The third-order valence-corrected chi connectivity index (χ3v) is 2.71. The highest BCUT2D eigenvalue weighted by atomic mass is 19.1. The largest absolute Gasteiger partial charge is 0.491 e. The van der Waals surface area contributed by atoms with Gasteiger partial charge in [-0.15, -0.1) is 0 Å². The van der Waals surface area contributed by atoms with E-state index in [0.717, 1.165) is 6.42 Å². The van der Waals surface area contributed by atoms with Crippen molar-refractivity contribution in [3.8, 4) is 17.0 Å². The molecule has 0 aliphatic rings.